The zero-order chi connectivity index (χ0) is 19.5. The predicted molar refractivity (Wildman–Crippen MR) is 87.6 cm³/mol. The molecular formula is C16H12ClF4N5O. The van der Waals surface area contributed by atoms with Crippen molar-refractivity contribution in [2.24, 2.45) is 0 Å². The fraction of sp³-hybridized carbons (Fsp3) is 0.312. The van der Waals surface area contributed by atoms with E-state index in [1.165, 1.54) is 11.0 Å². The first-order chi connectivity index (χ1) is 12.7. The average molecular weight is 402 g/mol. The molecule has 11 heteroatoms. The van der Waals surface area contributed by atoms with Gasteiger partial charge in [0.1, 0.15) is 5.52 Å². The number of hydrogen-bond acceptors (Lipinski definition) is 3. The van der Waals surface area contributed by atoms with E-state index in [9.17, 15) is 22.4 Å². The molecule has 1 atom stereocenters. The van der Waals surface area contributed by atoms with Crippen LogP contribution in [0, 0.1) is 5.82 Å². The topological polar surface area (TPSA) is 66.8 Å². The van der Waals surface area contributed by atoms with Gasteiger partial charge in [-0.1, -0.05) is 11.6 Å². The van der Waals surface area contributed by atoms with Crippen molar-refractivity contribution >= 4 is 28.5 Å². The van der Waals surface area contributed by atoms with Gasteiger partial charge in [-0.15, -0.1) is 0 Å². The summed E-state index contributed by atoms with van der Waals surface area (Å²) < 4.78 is 54.0. The van der Waals surface area contributed by atoms with Crippen molar-refractivity contribution < 1.29 is 22.4 Å². The van der Waals surface area contributed by atoms with Crippen LogP contribution in [-0.2, 0) is 19.3 Å². The molecule has 4 rings (SSSR count). The normalized spacial score (nSPS) is 17.4. The number of carbonyl (C=O) groups is 1. The molecule has 3 aromatic rings. The van der Waals surface area contributed by atoms with E-state index in [2.05, 4.69) is 15.0 Å². The van der Waals surface area contributed by atoms with E-state index in [0.717, 1.165) is 16.8 Å². The number of halogens is 5. The van der Waals surface area contributed by atoms with Gasteiger partial charge in [0.2, 0.25) is 5.82 Å². The highest BCUT2D eigenvalue weighted by atomic mass is 35.5. The second-order valence-electron chi connectivity index (χ2n) is 6.30. The highest BCUT2D eigenvalue weighted by Crippen LogP contribution is 2.32. The number of aromatic nitrogens is 4. The van der Waals surface area contributed by atoms with Gasteiger partial charge in [0.25, 0.3) is 5.91 Å². The number of hydrogen-bond donors (Lipinski definition) is 1. The Bertz CT molecular complexity index is 1020. The third kappa shape index (κ3) is 2.84. The smallest absolute Gasteiger partial charge is 0.333 e. The largest absolute Gasteiger partial charge is 0.449 e. The molecule has 142 valence electrons. The second kappa shape index (κ2) is 5.95. The van der Waals surface area contributed by atoms with Crippen molar-refractivity contribution in [1.82, 2.24) is 24.4 Å². The fourth-order valence-electron chi connectivity index (χ4n) is 3.20. The molecule has 0 spiro atoms. The Balaban J connectivity index is 1.68. The van der Waals surface area contributed by atoms with Crippen LogP contribution in [0.3, 0.4) is 0 Å². The van der Waals surface area contributed by atoms with Crippen molar-refractivity contribution in [3.63, 3.8) is 0 Å². The number of amides is 1. The van der Waals surface area contributed by atoms with Crippen molar-refractivity contribution in [3.8, 4) is 0 Å². The van der Waals surface area contributed by atoms with E-state index < -0.39 is 29.8 Å². The summed E-state index contributed by atoms with van der Waals surface area (Å²) in [5.41, 5.74) is 0.378. The van der Waals surface area contributed by atoms with Gasteiger partial charge >= 0.3 is 6.18 Å². The van der Waals surface area contributed by atoms with Crippen LogP contribution in [0.1, 0.15) is 29.1 Å². The lowest BCUT2D eigenvalue weighted by molar-refractivity contribution is -0.148. The first-order valence-corrected chi connectivity index (χ1v) is 8.31. The number of imidazole rings is 2. The molecule has 1 aliphatic rings. The zero-order valence-corrected chi connectivity index (χ0v) is 14.6. The summed E-state index contributed by atoms with van der Waals surface area (Å²) in [6.07, 6.45) is -3.47. The maximum absolute atomic E-state index is 13.9. The first kappa shape index (κ1) is 17.8. The van der Waals surface area contributed by atoms with Crippen LogP contribution in [-0.4, -0.2) is 36.4 Å². The van der Waals surface area contributed by atoms with Crippen LogP contribution in [0.4, 0.5) is 17.6 Å². The van der Waals surface area contributed by atoms with Gasteiger partial charge in [0, 0.05) is 12.6 Å². The molecule has 0 fully saturated rings. The van der Waals surface area contributed by atoms with E-state index in [-0.39, 0.29) is 40.7 Å². The molecule has 0 bridgehead atoms. The van der Waals surface area contributed by atoms with Crippen LogP contribution in [0.2, 0.25) is 5.02 Å². The standard InChI is InChI=1S/C16H12ClF4N5O/c1-7-5-26-8(4-22-15(26)16(19,20)21)6-25(7)14(27)13-23-11-9(17)2-3-10(18)12(11)24-13/h2-4,7H,5-6H2,1H3,(H,23,24)/t7-/m1/s1. The SMILES string of the molecule is C[C@@H]1Cn2c(cnc2C(F)(F)F)CN1C(=O)c1nc2c(F)ccc(Cl)c2[nH]1. The highest BCUT2D eigenvalue weighted by Gasteiger charge is 2.40. The zero-order valence-electron chi connectivity index (χ0n) is 13.8. The number of rotatable bonds is 1. The number of aromatic amines is 1. The van der Waals surface area contributed by atoms with E-state index in [0.29, 0.717) is 0 Å². The Morgan fingerprint density at radius 3 is 2.78 bits per heavy atom. The lowest BCUT2D eigenvalue weighted by atomic mass is 10.2. The molecule has 27 heavy (non-hydrogen) atoms. The van der Waals surface area contributed by atoms with Crippen molar-refractivity contribution in [1.29, 1.82) is 0 Å². The minimum atomic E-state index is -4.57. The predicted octanol–water partition coefficient (Wildman–Crippen LogP) is 3.62. The maximum atomic E-state index is 13.9. The summed E-state index contributed by atoms with van der Waals surface area (Å²) in [6.45, 7) is 1.48. The Hall–Kier alpha value is -2.62. The molecule has 0 unspecified atom stereocenters. The third-order valence-electron chi connectivity index (χ3n) is 4.51. The molecule has 0 saturated heterocycles. The molecule has 1 amide bonds. The number of benzene rings is 1. The number of nitrogens with one attached hydrogen (secondary N) is 1. The van der Waals surface area contributed by atoms with E-state index in [4.69, 9.17) is 11.6 Å². The summed E-state index contributed by atoms with van der Waals surface area (Å²) in [7, 11) is 0. The van der Waals surface area contributed by atoms with Crippen LogP contribution in [0.25, 0.3) is 11.0 Å². The molecule has 3 heterocycles. The Morgan fingerprint density at radius 1 is 1.37 bits per heavy atom. The van der Waals surface area contributed by atoms with Crippen molar-refractivity contribution in [3.05, 3.63) is 46.5 Å². The first-order valence-electron chi connectivity index (χ1n) is 7.93. The monoisotopic (exact) mass is 401 g/mol. The average Bonchev–Trinajstić information content (AvgIpc) is 3.21. The molecule has 0 saturated carbocycles. The fourth-order valence-corrected chi connectivity index (χ4v) is 3.40. The van der Waals surface area contributed by atoms with Gasteiger partial charge in [-0.3, -0.25) is 4.79 Å². The van der Waals surface area contributed by atoms with Gasteiger partial charge in [0.05, 0.1) is 29.0 Å². The minimum absolute atomic E-state index is 0.0642. The van der Waals surface area contributed by atoms with Gasteiger partial charge < -0.3 is 14.5 Å². The van der Waals surface area contributed by atoms with E-state index >= 15 is 0 Å². The number of alkyl halides is 3. The quantitative estimate of drug-likeness (QED) is 0.633. The summed E-state index contributed by atoms with van der Waals surface area (Å²) >= 11 is 5.99. The number of carbonyl (C=O) groups excluding carboxylic acids is 1. The van der Waals surface area contributed by atoms with Crippen LogP contribution in [0.15, 0.2) is 18.3 Å². The van der Waals surface area contributed by atoms with Gasteiger partial charge in [-0.25, -0.2) is 14.4 Å². The molecule has 6 nitrogen and oxygen atoms in total. The summed E-state index contributed by atoms with van der Waals surface area (Å²) in [4.78, 5) is 24.3. The Kier molecular flexibility index (Phi) is 3.91. The van der Waals surface area contributed by atoms with Crippen LogP contribution in [0.5, 0.6) is 0 Å². The minimum Gasteiger partial charge on any atom is -0.333 e. The van der Waals surface area contributed by atoms with Crippen molar-refractivity contribution in [2.75, 3.05) is 0 Å². The van der Waals surface area contributed by atoms with E-state index in [1.54, 1.807) is 6.92 Å². The molecule has 1 aromatic carbocycles. The number of fused-ring (bicyclic) bond motifs is 2. The molecule has 0 aliphatic carbocycles. The lowest BCUT2D eigenvalue weighted by Crippen LogP contribution is -2.45. The van der Waals surface area contributed by atoms with Crippen LogP contribution < -0.4 is 0 Å². The van der Waals surface area contributed by atoms with E-state index in [1.807, 2.05) is 0 Å². The van der Waals surface area contributed by atoms with Gasteiger partial charge in [-0.05, 0) is 19.1 Å². The summed E-state index contributed by atoms with van der Waals surface area (Å²) in [5, 5.41) is 0.206. The number of H-pyrrole nitrogens is 1. The molecule has 0 radical (unpaired) electrons. The summed E-state index contributed by atoms with van der Waals surface area (Å²) in [5.74, 6) is -2.32. The Labute approximate surface area is 154 Å². The third-order valence-corrected chi connectivity index (χ3v) is 4.83. The second-order valence-corrected chi connectivity index (χ2v) is 6.71. The molecular weight excluding hydrogens is 390 g/mol. The molecule has 2 aromatic heterocycles. The van der Waals surface area contributed by atoms with Crippen LogP contribution >= 0.6 is 11.6 Å². The molecule has 1 aliphatic heterocycles. The maximum Gasteiger partial charge on any atom is 0.449 e. The summed E-state index contributed by atoms with van der Waals surface area (Å²) in [6, 6.07) is 1.93. The lowest BCUT2D eigenvalue weighted by Gasteiger charge is -2.34. The molecule has 1 N–H and O–H groups in total. The Morgan fingerprint density at radius 2 is 2.11 bits per heavy atom. The van der Waals surface area contributed by atoms with Crippen molar-refractivity contribution in [2.45, 2.75) is 32.2 Å². The highest BCUT2D eigenvalue weighted by molar-refractivity contribution is 6.35. The van der Waals surface area contributed by atoms with Gasteiger partial charge in [-0.2, -0.15) is 13.2 Å². The van der Waals surface area contributed by atoms with Gasteiger partial charge in [0.15, 0.2) is 11.6 Å². The number of nitrogens with zero attached hydrogens (tertiary/aromatic N) is 4.